The second-order valence-corrected chi connectivity index (χ2v) is 6.61. The quantitative estimate of drug-likeness (QED) is 0.869. The molecule has 1 N–H and O–H groups in total. The zero-order chi connectivity index (χ0) is 14.1. The van der Waals surface area contributed by atoms with Crippen LogP contribution >= 0.6 is 0 Å². The lowest BCUT2D eigenvalue weighted by molar-refractivity contribution is 0.236. The Hall–Kier alpha value is -0.960. The molecule has 2 aliphatic rings. The summed E-state index contributed by atoms with van der Waals surface area (Å²) < 4.78 is 27.6. The average molecular weight is 279 g/mol. The van der Waals surface area contributed by atoms with Gasteiger partial charge in [-0.15, -0.1) is 0 Å². The summed E-state index contributed by atoms with van der Waals surface area (Å²) >= 11 is 0. The van der Waals surface area contributed by atoms with Gasteiger partial charge in [-0.3, -0.25) is 0 Å². The Morgan fingerprint density at radius 3 is 2.70 bits per heavy atom. The highest BCUT2D eigenvalue weighted by Gasteiger charge is 2.33. The maximum atomic E-state index is 14.1. The van der Waals surface area contributed by atoms with Crippen LogP contribution in [0.1, 0.15) is 50.5 Å². The minimum Gasteiger partial charge on any atom is -0.314 e. The van der Waals surface area contributed by atoms with Crippen LogP contribution < -0.4 is 5.32 Å². The summed E-state index contributed by atoms with van der Waals surface area (Å²) in [5.41, 5.74) is 0.583. The molecule has 0 bridgehead atoms. The van der Waals surface area contributed by atoms with Gasteiger partial charge in [-0.2, -0.15) is 0 Å². The molecule has 1 nitrogen and oxygen atoms in total. The van der Waals surface area contributed by atoms with E-state index in [1.54, 1.807) is 12.1 Å². The lowest BCUT2D eigenvalue weighted by Gasteiger charge is -2.35. The molecule has 3 rings (SSSR count). The van der Waals surface area contributed by atoms with Crippen molar-refractivity contribution in [2.75, 3.05) is 6.54 Å². The normalized spacial score (nSPS) is 30.4. The second-order valence-electron chi connectivity index (χ2n) is 6.61. The first kappa shape index (κ1) is 14.0. The molecule has 3 unspecified atom stereocenters. The van der Waals surface area contributed by atoms with Gasteiger partial charge in [0.2, 0.25) is 0 Å². The summed E-state index contributed by atoms with van der Waals surface area (Å²) in [5.74, 6) is -0.165. The molecule has 2 fully saturated rings. The molecule has 0 saturated heterocycles. The fraction of sp³-hybridized carbons (Fsp3) is 0.647. The molecule has 1 aromatic carbocycles. The zero-order valence-corrected chi connectivity index (χ0v) is 12.0. The van der Waals surface area contributed by atoms with E-state index in [4.69, 9.17) is 0 Å². The summed E-state index contributed by atoms with van der Waals surface area (Å²) in [4.78, 5) is 0. The van der Waals surface area contributed by atoms with E-state index >= 15 is 0 Å². The van der Waals surface area contributed by atoms with Gasteiger partial charge in [-0.05, 0) is 61.6 Å². The third kappa shape index (κ3) is 3.03. The first-order valence-electron chi connectivity index (χ1n) is 7.82. The fourth-order valence-electron chi connectivity index (χ4n) is 3.48. The third-order valence-electron chi connectivity index (χ3n) is 4.88. The lowest BCUT2D eigenvalue weighted by Crippen LogP contribution is -2.33. The smallest absolute Gasteiger partial charge is 0.162 e. The Labute approximate surface area is 119 Å². The van der Waals surface area contributed by atoms with Gasteiger partial charge in [0.25, 0.3) is 0 Å². The third-order valence-corrected chi connectivity index (χ3v) is 4.88. The molecule has 0 aromatic heterocycles. The zero-order valence-electron chi connectivity index (χ0n) is 12.0. The number of benzene rings is 1. The van der Waals surface area contributed by atoms with E-state index in [0.717, 1.165) is 19.4 Å². The molecule has 110 valence electrons. The van der Waals surface area contributed by atoms with Crippen LogP contribution in [0.15, 0.2) is 18.2 Å². The molecule has 0 spiro atoms. The molecule has 2 saturated carbocycles. The maximum Gasteiger partial charge on any atom is 0.162 e. The van der Waals surface area contributed by atoms with Gasteiger partial charge < -0.3 is 5.32 Å². The Kier molecular flexibility index (Phi) is 4.06. The van der Waals surface area contributed by atoms with Crippen LogP contribution in [0.25, 0.3) is 0 Å². The highest BCUT2D eigenvalue weighted by molar-refractivity contribution is 5.24. The molecule has 20 heavy (non-hydrogen) atoms. The van der Waals surface area contributed by atoms with Crippen molar-refractivity contribution in [1.29, 1.82) is 0 Å². The Balaban J connectivity index is 1.79. The molecule has 1 aromatic rings. The van der Waals surface area contributed by atoms with Crippen molar-refractivity contribution in [3.05, 3.63) is 35.4 Å². The van der Waals surface area contributed by atoms with E-state index in [2.05, 4.69) is 12.2 Å². The van der Waals surface area contributed by atoms with Crippen LogP contribution in [0.4, 0.5) is 8.78 Å². The van der Waals surface area contributed by atoms with Crippen molar-refractivity contribution in [2.24, 2.45) is 11.8 Å². The minimum absolute atomic E-state index is 0.153. The fourth-order valence-corrected chi connectivity index (χ4v) is 3.48. The summed E-state index contributed by atoms with van der Waals surface area (Å²) in [7, 11) is 0. The van der Waals surface area contributed by atoms with Crippen LogP contribution in [-0.4, -0.2) is 12.6 Å². The van der Waals surface area contributed by atoms with Crippen molar-refractivity contribution in [3.8, 4) is 0 Å². The van der Waals surface area contributed by atoms with Crippen molar-refractivity contribution in [1.82, 2.24) is 5.32 Å². The van der Waals surface area contributed by atoms with E-state index in [1.165, 1.54) is 25.3 Å². The first-order valence-corrected chi connectivity index (χ1v) is 7.82. The number of hydrogen-bond donors (Lipinski definition) is 1. The standard InChI is InChI=1S/C17H23F2N/c1-11-5-6-12(10-20-13-7-8-13)15(9-11)14-3-2-4-16(18)17(14)19/h2-4,11-13,15,20H,5-10H2,1H3. The highest BCUT2D eigenvalue weighted by Crippen LogP contribution is 2.41. The molecule has 0 amide bonds. The molecule has 2 aliphatic carbocycles. The van der Waals surface area contributed by atoms with Crippen molar-refractivity contribution >= 4 is 0 Å². The van der Waals surface area contributed by atoms with Gasteiger partial charge in [0.05, 0.1) is 0 Å². The van der Waals surface area contributed by atoms with Gasteiger partial charge in [0.1, 0.15) is 0 Å². The number of rotatable bonds is 4. The molecular weight excluding hydrogens is 256 g/mol. The molecule has 3 heteroatoms. The Morgan fingerprint density at radius 1 is 1.15 bits per heavy atom. The molecule has 3 atom stereocenters. The van der Waals surface area contributed by atoms with Gasteiger partial charge in [0.15, 0.2) is 11.6 Å². The lowest BCUT2D eigenvalue weighted by atomic mass is 9.71. The summed E-state index contributed by atoms with van der Waals surface area (Å²) in [6, 6.07) is 5.29. The van der Waals surface area contributed by atoms with Gasteiger partial charge in [-0.25, -0.2) is 8.78 Å². The molecule has 0 heterocycles. The van der Waals surface area contributed by atoms with E-state index in [1.807, 2.05) is 0 Å². The van der Waals surface area contributed by atoms with Crippen LogP contribution in [0, 0.1) is 23.5 Å². The summed E-state index contributed by atoms with van der Waals surface area (Å²) in [6.45, 7) is 3.16. The number of nitrogens with one attached hydrogen (secondary N) is 1. The number of halogens is 2. The van der Waals surface area contributed by atoms with Crippen LogP contribution in [0.2, 0.25) is 0 Å². The molecule has 0 radical (unpaired) electrons. The topological polar surface area (TPSA) is 12.0 Å². The largest absolute Gasteiger partial charge is 0.314 e. The van der Waals surface area contributed by atoms with Crippen molar-refractivity contribution in [3.63, 3.8) is 0 Å². The monoisotopic (exact) mass is 279 g/mol. The Morgan fingerprint density at radius 2 is 1.95 bits per heavy atom. The molecule has 0 aliphatic heterocycles. The van der Waals surface area contributed by atoms with Crippen molar-refractivity contribution in [2.45, 2.75) is 51.0 Å². The highest BCUT2D eigenvalue weighted by atomic mass is 19.2. The minimum atomic E-state index is -0.713. The summed E-state index contributed by atoms with van der Waals surface area (Å²) in [6.07, 6.45) is 5.81. The van der Waals surface area contributed by atoms with Crippen molar-refractivity contribution < 1.29 is 8.78 Å². The van der Waals surface area contributed by atoms with Crippen LogP contribution in [0.5, 0.6) is 0 Å². The SMILES string of the molecule is CC1CCC(CNC2CC2)C(c2cccc(F)c2F)C1. The number of hydrogen-bond acceptors (Lipinski definition) is 1. The van der Waals surface area contributed by atoms with E-state index in [9.17, 15) is 8.78 Å². The van der Waals surface area contributed by atoms with Crippen LogP contribution in [0.3, 0.4) is 0 Å². The van der Waals surface area contributed by atoms with E-state index < -0.39 is 11.6 Å². The van der Waals surface area contributed by atoms with Gasteiger partial charge in [0, 0.05) is 6.04 Å². The van der Waals surface area contributed by atoms with E-state index in [0.29, 0.717) is 23.4 Å². The molecular formula is C17H23F2N. The van der Waals surface area contributed by atoms with Gasteiger partial charge >= 0.3 is 0 Å². The predicted octanol–water partition coefficient (Wildman–Crippen LogP) is 4.24. The maximum absolute atomic E-state index is 14.1. The first-order chi connectivity index (χ1) is 9.65. The Bertz CT molecular complexity index is 470. The predicted molar refractivity (Wildman–Crippen MR) is 76.6 cm³/mol. The van der Waals surface area contributed by atoms with E-state index in [-0.39, 0.29) is 5.92 Å². The average Bonchev–Trinajstić information content (AvgIpc) is 3.25. The van der Waals surface area contributed by atoms with Crippen LogP contribution in [-0.2, 0) is 0 Å². The second kappa shape index (κ2) is 5.80. The van der Waals surface area contributed by atoms with Gasteiger partial charge in [-0.1, -0.05) is 25.5 Å². The summed E-state index contributed by atoms with van der Waals surface area (Å²) in [5, 5.41) is 3.56.